The molecule has 0 aromatic heterocycles. The summed E-state index contributed by atoms with van der Waals surface area (Å²) in [5.74, 6) is 0.166. The Labute approximate surface area is 73.7 Å². The molecule has 3 N–H and O–H groups in total. The van der Waals surface area contributed by atoms with Gasteiger partial charge in [0.15, 0.2) is 0 Å². The van der Waals surface area contributed by atoms with Crippen molar-refractivity contribution in [3.63, 3.8) is 0 Å². The minimum Gasteiger partial charge on any atom is -0.356 e. The molecule has 1 atom stereocenters. The predicted octanol–water partition coefficient (Wildman–Crippen LogP) is 0.642. The van der Waals surface area contributed by atoms with Crippen molar-refractivity contribution in [2.45, 2.75) is 32.6 Å². The van der Waals surface area contributed by atoms with Crippen LogP contribution in [-0.4, -0.2) is 19.0 Å². The summed E-state index contributed by atoms with van der Waals surface area (Å²) < 4.78 is 0. The van der Waals surface area contributed by atoms with E-state index in [1.54, 1.807) is 0 Å². The van der Waals surface area contributed by atoms with Crippen molar-refractivity contribution in [3.05, 3.63) is 0 Å². The van der Waals surface area contributed by atoms with Crippen molar-refractivity contribution in [1.29, 1.82) is 0 Å². The molecule has 1 amide bonds. The van der Waals surface area contributed by atoms with E-state index in [-0.39, 0.29) is 11.3 Å². The minimum absolute atomic E-state index is 0.0839. The molecular formula is C9H18N2O. The van der Waals surface area contributed by atoms with Crippen LogP contribution in [0.15, 0.2) is 0 Å². The van der Waals surface area contributed by atoms with Gasteiger partial charge in [-0.2, -0.15) is 0 Å². The maximum atomic E-state index is 11.2. The summed E-state index contributed by atoms with van der Waals surface area (Å²) in [5.41, 5.74) is 5.78. The first kappa shape index (κ1) is 9.52. The zero-order valence-electron chi connectivity index (χ0n) is 7.73. The molecule has 1 saturated heterocycles. The molecule has 0 spiro atoms. The van der Waals surface area contributed by atoms with Gasteiger partial charge in [0.2, 0.25) is 5.91 Å². The standard InChI is InChI=1S/C9H18N2O/c1-2-9(7-10)4-3-5-11-8(12)6-9/h2-7,10H2,1H3,(H,11,12). The van der Waals surface area contributed by atoms with Crippen LogP contribution in [0.4, 0.5) is 0 Å². The normalized spacial score (nSPS) is 31.0. The number of rotatable bonds is 2. The molecule has 0 aromatic carbocycles. The molecule has 70 valence electrons. The molecule has 0 bridgehead atoms. The number of carbonyl (C=O) groups excluding carboxylic acids is 1. The minimum atomic E-state index is 0.0839. The number of hydrogen-bond donors (Lipinski definition) is 2. The summed E-state index contributed by atoms with van der Waals surface area (Å²) in [6, 6.07) is 0. The van der Waals surface area contributed by atoms with E-state index in [2.05, 4.69) is 12.2 Å². The summed E-state index contributed by atoms with van der Waals surface area (Å²) in [5, 5.41) is 2.87. The molecule has 1 unspecified atom stereocenters. The van der Waals surface area contributed by atoms with Gasteiger partial charge >= 0.3 is 0 Å². The van der Waals surface area contributed by atoms with Crippen LogP contribution in [0.2, 0.25) is 0 Å². The molecule has 1 aliphatic heterocycles. The molecule has 3 nitrogen and oxygen atoms in total. The topological polar surface area (TPSA) is 55.1 Å². The van der Waals surface area contributed by atoms with Crippen molar-refractivity contribution >= 4 is 5.91 Å². The van der Waals surface area contributed by atoms with Crippen LogP contribution in [0.5, 0.6) is 0 Å². The van der Waals surface area contributed by atoms with Gasteiger partial charge in [-0.05, 0) is 31.2 Å². The van der Waals surface area contributed by atoms with E-state index in [4.69, 9.17) is 5.73 Å². The lowest BCUT2D eigenvalue weighted by atomic mass is 9.78. The smallest absolute Gasteiger partial charge is 0.220 e. The summed E-state index contributed by atoms with van der Waals surface area (Å²) in [6.45, 7) is 3.57. The Morgan fingerprint density at radius 3 is 3.00 bits per heavy atom. The number of nitrogens with two attached hydrogens (primary N) is 1. The lowest BCUT2D eigenvalue weighted by Crippen LogP contribution is -2.33. The van der Waals surface area contributed by atoms with E-state index in [0.29, 0.717) is 13.0 Å². The highest BCUT2D eigenvalue weighted by atomic mass is 16.1. The second-order valence-corrected chi connectivity index (χ2v) is 3.69. The molecule has 0 aliphatic carbocycles. The quantitative estimate of drug-likeness (QED) is 0.639. The summed E-state index contributed by atoms with van der Waals surface area (Å²) in [6.07, 6.45) is 3.77. The lowest BCUT2D eigenvalue weighted by molar-refractivity contribution is -0.122. The van der Waals surface area contributed by atoms with Crippen LogP contribution < -0.4 is 11.1 Å². The van der Waals surface area contributed by atoms with Crippen LogP contribution in [0.1, 0.15) is 32.6 Å². The van der Waals surface area contributed by atoms with Crippen LogP contribution in [-0.2, 0) is 4.79 Å². The second-order valence-electron chi connectivity index (χ2n) is 3.69. The number of carbonyl (C=O) groups is 1. The molecule has 1 heterocycles. The van der Waals surface area contributed by atoms with E-state index in [1.165, 1.54) is 0 Å². The maximum absolute atomic E-state index is 11.2. The lowest BCUT2D eigenvalue weighted by Gasteiger charge is -2.28. The highest BCUT2D eigenvalue weighted by Crippen LogP contribution is 2.32. The fourth-order valence-corrected chi connectivity index (χ4v) is 1.80. The number of hydrogen-bond acceptors (Lipinski definition) is 2. The molecule has 1 rings (SSSR count). The van der Waals surface area contributed by atoms with E-state index in [0.717, 1.165) is 25.8 Å². The first-order valence-electron chi connectivity index (χ1n) is 4.69. The summed E-state index contributed by atoms with van der Waals surface area (Å²) >= 11 is 0. The van der Waals surface area contributed by atoms with Crippen molar-refractivity contribution in [1.82, 2.24) is 5.32 Å². The van der Waals surface area contributed by atoms with Gasteiger partial charge in [0, 0.05) is 13.0 Å². The van der Waals surface area contributed by atoms with Gasteiger partial charge < -0.3 is 11.1 Å². The van der Waals surface area contributed by atoms with Gasteiger partial charge in [-0.3, -0.25) is 4.79 Å². The zero-order chi connectivity index (χ0) is 9.03. The van der Waals surface area contributed by atoms with E-state index < -0.39 is 0 Å². The fourth-order valence-electron chi connectivity index (χ4n) is 1.80. The number of amides is 1. The molecule has 1 fully saturated rings. The monoisotopic (exact) mass is 170 g/mol. The fraction of sp³-hybridized carbons (Fsp3) is 0.889. The van der Waals surface area contributed by atoms with E-state index >= 15 is 0 Å². The first-order chi connectivity index (χ1) is 5.72. The van der Waals surface area contributed by atoms with Gasteiger partial charge in [-0.25, -0.2) is 0 Å². The van der Waals surface area contributed by atoms with Gasteiger partial charge in [-0.1, -0.05) is 6.92 Å². The van der Waals surface area contributed by atoms with E-state index in [9.17, 15) is 4.79 Å². The largest absolute Gasteiger partial charge is 0.356 e. The Morgan fingerprint density at radius 1 is 1.67 bits per heavy atom. The third-order valence-corrected chi connectivity index (χ3v) is 2.92. The molecule has 3 heteroatoms. The second kappa shape index (κ2) is 3.90. The van der Waals surface area contributed by atoms with Crippen molar-refractivity contribution in [3.8, 4) is 0 Å². The Bertz CT molecular complexity index is 164. The summed E-state index contributed by atoms with van der Waals surface area (Å²) in [4.78, 5) is 11.2. The molecular weight excluding hydrogens is 152 g/mol. The Hall–Kier alpha value is -0.570. The van der Waals surface area contributed by atoms with Gasteiger partial charge in [0.05, 0.1) is 0 Å². The Kier molecular flexibility index (Phi) is 3.09. The molecule has 0 radical (unpaired) electrons. The third-order valence-electron chi connectivity index (χ3n) is 2.92. The van der Waals surface area contributed by atoms with Gasteiger partial charge in [0.1, 0.15) is 0 Å². The zero-order valence-corrected chi connectivity index (χ0v) is 7.73. The van der Waals surface area contributed by atoms with Gasteiger partial charge in [0.25, 0.3) is 0 Å². The van der Waals surface area contributed by atoms with Crippen LogP contribution in [0.25, 0.3) is 0 Å². The number of nitrogens with one attached hydrogen (secondary N) is 1. The molecule has 0 aromatic rings. The van der Waals surface area contributed by atoms with Crippen molar-refractivity contribution < 1.29 is 4.79 Å². The SMILES string of the molecule is CCC1(CN)CCCNC(=O)C1. The maximum Gasteiger partial charge on any atom is 0.220 e. The predicted molar refractivity (Wildman–Crippen MR) is 48.6 cm³/mol. The average molecular weight is 170 g/mol. The average Bonchev–Trinajstić information content (AvgIpc) is 2.28. The van der Waals surface area contributed by atoms with Crippen LogP contribution >= 0.6 is 0 Å². The summed E-state index contributed by atoms with van der Waals surface area (Å²) in [7, 11) is 0. The molecule has 12 heavy (non-hydrogen) atoms. The molecule has 0 saturated carbocycles. The van der Waals surface area contributed by atoms with Crippen LogP contribution in [0, 0.1) is 5.41 Å². The Morgan fingerprint density at radius 2 is 2.42 bits per heavy atom. The first-order valence-corrected chi connectivity index (χ1v) is 4.69. The van der Waals surface area contributed by atoms with E-state index in [1.807, 2.05) is 0 Å². The van der Waals surface area contributed by atoms with Crippen molar-refractivity contribution in [2.75, 3.05) is 13.1 Å². The highest BCUT2D eigenvalue weighted by Gasteiger charge is 2.30. The Balaban J connectivity index is 2.65. The van der Waals surface area contributed by atoms with Gasteiger partial charge in [-0.15, -0.1) is 0 Å². The third kappa shape index (κ3) is 1.97. The highest BCUT2D eigenvalue weighted by molar-refractivity contribution is 5.76. The van der Waals surface area contributed by atoms with Crippen molar-refractivity contribution in [2.24, 2.45) is 11.1 Å². The van der Waals surface area contributed by atoms with Crippen LogP contribution in [0.3, 0.4) is 0 Å². The molecule has 1 aliphatic rings.